The van der Waals surface area contributed by atoms with Crippen molar-refractivity contribution in [2.45, 2.75) is 24.5 Å². The summed E-state index contributed by atoms with van der Waals surface area (Å²) in [6.45, 7) is -0.405. The maximum atomic E-state index is 12.0. The molecule has 0 amide bonds. The van der Waals surface area contributed by atoms with Crippen LogP contribution >= 0.6 is 0 Å². The third kappa shape index (κ3) is 4.74. The lowest BCUT2D eigenvalue weighted by Gasteiger charge is -2.19. The van der Waals surface area contributed by atoms with Crippen molar-refractivity contribution in [1.82, 2.24) is 0 Å². The molecule has 2 fully saturated rings. The van der Waals surface area contributed by atoms with Gasteiger partial charge in [0.1, 0.15) is 10.1 Å². The largest absolute Gasteiger partial charge is 0.747 e. The van der Waals surface area contributed by atoms with Crippen LogP contribution in [-0.4, -0.2) is 61.7 Å². The number of ketones is 1. The number of hydrogen-bond donors (Lipinski definition) is 0. The van der Waals surface area contributed by atoms with E-state index in [9.17, 15) is 32.1 Å². The van der Waals surface area contributed by atoms with Crippen molar-refractivity contribution in [2.24, 2.45) is 11.8 Å². The molecule has 134 valence electrons. The van der Waals surface area contributed by atoms with E-state index in [0.717, 1.165) is 0 Å². The zero-order valence-electron chi connectivity index (χ0n) is 12.5. The van der Waals surface area contributed by atoms with E-state index in [2.05, 4.69) is 9.47 Å². The Morgan fingerprint density at radius 2 is 1.67 bits per heavy atom. The van der Waals surface area contributed by atoms with Gasteiger partial charge >= 0.3 is 17.9 Å². The minimum Gasteiger partial charge on any atom is -0.747 e. The Hall–Kier alpha value is -2.01. The molecule has 3 atom stereocenters. The number of cyclic esters (lactones) is 2. The fourth-order valence-electron chi connectivity index (χ4n) is 2.44. The van der Waals surface area contributed by atoms with Crippen LogP contribution in [0.1, 0.15) is 19.3 Å². The maximum absolute atomic E-state index is 12.0. The van der Waals surface area contributed by atoms with E-state index in [1.807, 2.05) is 0 Å². The molecule has 0 saturated carbocycles. The lowest BCUT2D eigenvalue weighted by atomic mass is 10.00. The Morgan fingerprint density at radius 1 is 1.12 bits per heavy atom. The van der Waals surface area contributed by atoms with E-state index in [-0.39, 0.29) is 32.7 Å². The molecule has 0 aromatic carbocycles. The van der Waals surface area contributed by atoms with E-state index in [0.29, 0.717) is 0 Å². The van der Waals surface area contributed by atoms with Crippen molar-refractivity contribution in [3.8, 4) is 0 Å². The molecule has 2 saturated heterocycles. The van der Waals surface area contributed by atoms with Crippen molar-refractivity contribution in [1.29, 1.82) is 0 Å². The van der Waals surface area contributed by atoms with Crippen LogP contribution in [0.15, 0.2) is 0 Å². The van der Waals surface area contributed by atoms with E-state index in [1.54, 1.807) is 0 Å². The van der Waals surface area contributed by atoms with Gasteiger partial charge in [0, 0.05) is 18.3 Å². The summed E-state index contributed by atoms with van der Waals surface area (Å²) in [5, 5.41) is -2.49. The van der Waals surface area contributed by atoms with Gasteiger partial charge < -0.3 is 18.8 Å². The van der Waals surface area contributed by atoms with Gasteiger partial charge in [-0.3, -0.25) is 19.2 Å². The summed E-state index contributed by atoms with van der Waals surface area (Å²) in [5.41, 5.74) is 0. The van der Waals surface area contributed by atoms with Crippen LogP contribution in [0.5, 0.6) is 0 Å². The molecule has 0 bridgehead atoms. The summed E-state index contributed by atoms with van der Waals surface area (Å²) in [5.74, 6) is -4.68. The van der Waals surface area contributed by atoms with Gasteiger partial charge in [-0.05, 0) is 0 Å². The van der Waals surface area contributed by atoms with E-state index < -0.39 is 57.3 Å². The number of esters is 3. The second-order valence-electron chi connectivity index (χ2n) is 5.68. The Morgan fingerprint density at radius 3 is 2.12 bits per heavy atom. The van der Waals surface area contributed by atoms with E-state index >= 15 is 0 Å². The smallest absolute Gasteiger partial charge is 0.330 e. The van der Waals surface area contributed by atoms with Crippen molar-refractivity contribution in [3.63, 3.8) is 0 Å². The van der Waals surface area contributed by atoms with Gasteiger partial charge in [0.2, 0.25) is 5.25 Å². The highest BCUT2D eigenvalue weighted by atomic mass is 32.2. The predicted molar refractivity (Wildman–Crippen MR) is 72.2 cm³/mol. The van der Waals surface area contributed by atoms with Crippen LogP contribution in [0.4, 0.5) is 0 Å². The number of Topliss-reactive ketones (excluding diaryl/α,β-unsaturated/α-hetero) is 1. The van der Waals surface area contributed by atoms with Gasteiger partial charge in [0.05, 0.1) is 32.7 Å². The number of rotatable bonds is 7. The molecule has 0 N–H and O–H groups in total. The molecule has 3 unspecified atom stereocenters. The molecular formula is C13H15O10S-. The first-order valence-electron chi connectivity index (χ1n) is 7.12. The van der Waals surface area contributed by atoms with Crippen LogP contribution in [0, 0.1) is 11.8 Å². The topological polar surface area (TPSA) is 153 Å². The average Bonchev–Trinajstić information content (AvgIpc) is 3.03. The average molecular weight is 363 g/mol. The Balaban J connectivity index is 1.96. The summed E-state index contributed by atoms with van der Waals surface area (Å²) >= 11 is 0. The summed E-state index contributed by atoms with van der Waals surface area (Å²) in [4.78, 5) is 45.8. The monoisotopic (exact) mass is 363 g/mol. The zero-order valence-corrected chi connectivity index (χ0v) is 13.3. The highest BCUT2D eigenvalue weighted by molar-refractivity contribution is 7.88. The third-order valence-corrected chi connectivity index (χ3v) is 4.65. The molecule has 2 heterocycles. The van der Waals surface area contributed by atoms with Crippen LogP contribution in [-0.2, 0) is 43.5 Å². The minimum absolute atomic E-state index is 0.00244. The van der Waals surface area contributed by atoms with Crippen molar-refractivity contribution in [3.05, 3.63) is 0 Å². The number of carbonyl (C=O) groups excluding carboxylic acids is 4. The standard InChI is InChI=1S/C13H16O10S/c14-9(1-7-2-10(15)21-4-7)12(24(18,19)20)13(17)23-6-8-3-11(16)22-5-8/h7-8,12H,1-6H2,(H,18,19,20)/p-1. The molecule has 24 heavy (non-hydrogen) atoms. The lowest BCUT2D eigenvalue weighted by molar-refractivity contribution is -0.147. The number of hydrogen-bond acceptors (Lipinski definition) is 10. The fourth-order valence-corrected chi connectivity index (χ4v) is 3.17. The molecular weight excluding hydrogens is 348 g/mol. The fraction of sp³-hybridized carbons (Fsp3) is 0.692. The maximum Gasteiger partial charge on any atom is 0.330 e. The Bertz CT molecular complexity index is 652. The van der Waals surface area contributed by atoms with Gasteiger partial charge in [-0.1, -0.05) is 0 Å². The zero-order chi connectivity index (χ0) is 17.9. The summed E-state index contributed by atoms with van der Waals surface area (Å²) < 4.78 is 47.7. The molecule has 0 radical (unpaired) electrons. The Labute approximate surface area is 137 Å². The molecule has 10 nitrogen and oxygen atoms in total. The molecule has 2 aliphatic heterocycles. The molecule has 2 aliphatic rings. The first-order chi connectivity index (χ1) is 11.2. The lowest BCUT2D eigenvalue weighted by Crippen LogP contribution is -2.40. The molecule has 0 spiro atoms. The van der Waals surface area contributed by atoms with Crippen molar-refractivity contribution >= 4 is 33.8 Å². The first kappa shape index (κ1) is 18.3. The Kier molecular flexibility index (Phi) is 5.54. The second-order valence-corrected chi connectivity index (χ2v) is 7.14. The summed E-state index contributed by atoms with van der Waals surface area (Å²) in [7, 11) is -5.27. The van der Waals surface area contributed by atoms with Gasteiger partial charge in [-0.15, -0.1) is 0 Å². The van der Waals surface area contributed by atoms with Crippen LogP contribution in [0.2, 0.25) is 0 Å². The second kappa shape index (κ2) is 7.26. The highest BCUT2D eigenvalue weighted by Gasteiger charge is 2.38. The van der Waals surface area contributed by atoms with Gasteiger partial charge in [-0.25, -0.2) is 8.42 Å². The number of carbonyl (C=O) groups is 4. The first-order valence-corrected chi connectivity index (χ1v) is 8.59. The molecule has 2 rings (SSSR count). The minimum atomic E-state index is -5.27. The van der Waals surface area contributed by atoms with Crippen LogP contribution in [0.3, 0.4) is 0 Å². The van der Waals surface area contributed by atoms with Gasteiger partial charge in [0.15, 0.2) is 5.78 Å². The van der Waals surface area contributed by atoms with Gasteiger partial charge in [0.25, 0.3) is 0 Å². The quantitative estimate of drug-likeness (QED) is 0.227. The number of ether oxygens (including phenoxy) is 3. The molecule has 11 heteroatoms. The molecule has 0 aromatic heterocycles. The van der Waals surface area contributed by atoms with E-state index in [1.165, 1.54) is 0 Å². The van der Waals surface area contributed by atoms with Gasteiger partial charge in [-0.2, -0.15) is 0 Å². The van der Waals surface area contributed by atoms with Crippen LogP contribution < -0.4 is 0 Å². The third-order valence-electron chi connectivity index (χ3n) is 3.62. The van der Waals surface area contributed by atoms with E-state index in [4.69, 9.17) is 4.74 Å². The molecule has 0 aromatic rings. The predicted octanol–water partition coefficient (Wildman–Crippen LogP) is -1.47. The molecule has 0 aliphatic carbocycles. The highest BCUT2D eigenvalue weighted by Crippen LogP contribution is 2.21. The SMILES string of the molecule is O=C1CC(COC(=O)C(C(=O)CC2COC(=O)C2)S(=O)(=O)[O-])CO1. The van der Waals surface area contributed by atoms with Crippen LogP contribution in [0.25, 0.3) is 0 Å². The summed E-state index contributed by atoms with van der Waals surface area (Å²) in [6.07, 6.45) is -0.552. The van der Waals surface area contributed by atoms with Crippen molar-refractivity contribution < 1.29 is 46.4 Å². The van der Waals surface area contributed by atoms with Crippen molar-refractivity contribution in [2.75, 3.05) is 19.8 Å². The summed E-state index contributed by atoms with van der Waals surface area (Å²) in [6, 6.07) is 0. The normalized spacial score (nSPS) is 25.0.